The molecule has 1 aliphatic rings. The second-order valence-electron chi connectivity index (χ2n) is 5.24. The summed E-state index contributed by atoms with van der Waals surface area (Å²) < 4.78 is 79.3. The first-order valence-corrected chi connectivity index (χ1v) is 8.04. The molecule has 0 bridgehead atoms. The summed E-state index contributed by atoms with van der Waals surface area (Å²) in [5.41, 5.74) is -0.438. The van der Waals surface area contributed by atoms with Crippen LogP contribution in [0.5, 0.6) is 5.75 Å². The van der Waals surface area contributed by atoms with Crippen LogP contribution in [0.25, 0.3) is 6.08 Å². The first-order valence-electron chi connectivity index (χ1n) is 6.76. The van der Waals surface area contributed by atoms with Gasteiger partial charge in [0, 0.05) is 10.8 Å². The molecule has 0 unspecified atom stereocenters. The first-order chi connectivity index (χ1) is 10.6. The number of hydrogen-bond donors (Lipinski definition) is 0. The van der Waals surface area contributed by atoms with Gasteiger partial charge in [-0.3, -0.25) is 0 Å². The van der Waals surface area contributed by atoms with Gasteiger partial charge in [0.2, 0.25) is 0 Å². The molecule has 0 amide bonds. The molecule has 2 rings (SSSR count). The molecule has 0 heterocycles. The van der Waals surface area contributed by atoms with E-state index in [-0.39, 0.29) is 10.8 Å². The smallest absolute Gasteiger partial charge is 0.406 e. The first kappa shape index (κ1) is 18.0. The van der Waals surface area contributed by atoms with E-state index in [9.17, 15) is 26.3 Å². The van der Waals surface area contributed by atoms with Crippen molar-refractivity contribution in [3.8, 4) is 5.75 Å². The molecule has 1 aliphatic carbocycles. The Morgan fingerprint density at radius 2 is 1.65 bits per heavy atom. The van der Waals surface area contributed by atoms with Crippen molar-refractivity contribution in [3.63, 3.8) is 0 Å². The Bertz CT molecular complexity index is 555. The topological polar surface area (TPSA) is 9.23 Å². The highest BCUT2D eigenvalue weighted by Crippen LogP contribution is 2.46. The normalized spacial score (nSPS) is 22.7. The fraction of sp³-hybridized carbons (Fsp3) is 0.467. The van der Waals surface area contributed by atoms with E-state index in [1.807, 2.05) is 6.26 Å². The number of allylic oxidation sites excluding steroid dienone is 1. The summed E-state index contributed by atoms with van der Waals surface area (Å²) in [7, 11) is 0. The van der Waals surface area contributed by atoms with Crippen LogP contribution in [0.15, 0.2) is 29.8 Å². The van der Waals surface area contributed by atoms with Crippen molar-refractivity contribution in [2.45, 2.75) is 30.6 Å². The van der Waals surface area contributed by atoms with Crippen LogP contribution < -0.4 is 4.74 Å². The van der Waals surface area contributed by atoms with Gasteiger partial charge in [0.25, 0.3) is 0 Å². The molecule has 1 fully saturated rings. The maximum atomic E-state index is 13.2. The molecule has 0 spiro atoms. The molecule has 0 saturated heterocycles. The van der Waals surface area contributed by atoms with Crippen molar-refractivity contribution in [2.75, 3.05) is 6.26 Å². The molecule has 0 radical (unpaired) electrons. The van der Waals surface area contributed by atoms with Gasteiger partial charge in [0.05, 0.1) is 0 Å². The van der Waals surface area contributed by atoms with E-state index >= 15 is 0 Å². The highest BCUT2D eigenvalue weighted by atomic mass is 32.2. The Balaban J connectivity index is 2.16. The lowest BCUT2D eigenvalue weighted by Crippen LogP contribution is -2.32. The van der Waals surface area contributed by atoms with Crippen LogP contribution in [0.4, 0.5) is 26.3 Å². The maximum Gasteiger partial charge on any atom is 0.573 e. The molecule has 0 N–H and O–H groups in total. The molecule has 1 nitrogen and oxygen atoms in total. The number of benzene rings is 1. The highest BCUT2D eigenvalue weighted by Gasteiger charge is 2.43. The molecule has 1 saturated carbocycles. The minimum absolute atomic E-state index is 0.194. The zero-order chi connectivity index (χ0) is 17.3. The summed E-state index contributed by atoms with van der Waals surface area (Å²) in [6, 6.07) is 4.35. The number of hydrogen-bond acceptors (Lipinski definition) is 2. The van der Waals surface area contributed by atoms with Gasteiger partial charge in [-0.15, -0.1) is 13.2 Å². The van der Waals surface area contributed by atoms with Crippen LogP contribution in [0.1, 0.15) is 18.4 Å². The van der Waals surface area contributed by atoms with E-state index in [0.29, 0.717) is 12.8 Å². The predicted octanol–water partition coefficient (Wildman–Crippen LogP) is 5.67. The second-order valence-corrected chi connectivity index (χ2v) is 6.38. The molecule has 0 aromatic heterocycles. The zero-order valence-corrected chi connectivity index (χ0v) is 12.9. The third-order valence-corrected chi connectivity index (χ3v) is 4.68. The van der Waals surface area contributed by atoms with Crippen LogP contribution in [0.2, 0.25) is 0 Å². The SMILES string of the molecule is CSC1CC(/C(=C/c2ccc(OC(F)(F)F)cc2)C(F)(F)F)C1. The number of halogens is 6. The van der Waals surface area contributed by atoms with Gasteiger partial charge < -0.3 is 4.74 Å². The minimum Gasteiger partial charge on any atom is -0.406 e. The summed E-state index contributed by atoms with van der Waals surface area (Å²) in [6.07, 6.45) is -5.50. The second kappa shape index (κ2) is 6.67. The standard InChI is InChI=1S/C15H14F6OS/c1-23-12-7-10(8-12)13(14(16,17)18)6-9-2-4-11(5-3-9)22-15(19,20)21/h2-6,10,12H,7-8H2,1H3/b13-6-. The Hall–Kier alpha value is -1.31. The lowest BCUT2D eigenvalue weighted by atomic mass is 9.78. The number of thioether (sulfide) groups is 1. The lowest BCUT2D eigenvalue weighted by molar-refractivity contribution is -0.274. The molecule has 1 aromatic rings. The average molecular weight is 356 g/mol. The van der Waals surface area contributed by atoms with Gasteiger partial charge in [-0.25, -0.2) is 0 Å². The Labute approximate surface area is 133 Å². The third kappa shape index (κ3) is 5.09. The summed E-state index contributed by atoms with van der Waals surface area (Å²) in [4.78, 5) is 0. The average Bonchev–Trinajstić information content (AvgIpc) is 2.35. The Kier molecular flexibility index (Phi) is 5.23. The van der Waals surface area contributed by atoms with E-state index in [1.54, 1.807) is 0 Å². The molecule has 0 aliphatic heterocycles. The molecule has 1 aromatic carbocycles. The van der Waals surface area contributed by atoms with Crippen molar-refractivity contribution in [1.29, 1.82) is 0 Å². The summed E-state index contributed by atoms with van der Waals surface area (Å²) in [6.45, 7) is 0. The predicted molar refractivity (Wildman–Crippen MR) is 77.2 cm³/mol. The van der Waals surface area contributed by atoms with Gasteiger partial charge in [-0.2, -0.15) is 24.9 Å². The quantitative estimate of drug-likeness (QED) is 0.643. The maximum absolute atomic E-state index is 13.2. The van der Waals surface area contributed by atoms with Gasteiger partial charge in [0.1, 0.15) is 5.75 Å². The molecular weight excluding hydrogens is 342 g/mol. The molecule has 128 valence electrons. The van der Waals surface area contributed by atoms with Crippen LogP contribution in [-0.2, 0) is 0 Å². The van der Waals surface area contributed by atoms with Crippen molar-refractivity contribution in [2.24, 2.45) is 5.92 Å². The Morgan fingerprint density at radius 3 is 2.09 bits per heavy atom. The lowest BCUT2D eigenvalue weighted by Gasteiger charge is -2.36. The molecule has 8 heteroatoms. The molecular formula is C15H14F6OS. The summed E-state index contributed by atoms with van der Waals surface area (Å²) in [5.74, 6) is -1.02. The highest BCUT2D eigenvalue weighted by molar-refractivity contribution is 7.99. The van der Waals surface area contributed by atoms with Crippen LogP contribution in [0.3, 0.4) is 0 Å². The van der Waals surface area contributed by atoms with Gasteiger partial charge in [-0.1, -0.05) is 12.1 Å². The third-order valence-electron chi connectivity index (χ3n) is 3.63. The van der Waals surface area contributed by atoms with Crippen LogP contribution in [-0.4, -0.2) is 24.0 Å². The van der Waals surface area contributed by atoms with Crippen LogP contribution >= 0.6 is 11.8 Å². The van der Waals surface area contributed by atoms with Gasteiger partial charge >= 0.3 is 12.5 Å². The van der Waals surface area contributed by atoms with E-state index in [4.69, 9.17) is 0 Å². The van der Waals surface area contributed by atoms with Crippen molar-refractivity contribution < 1.29 is 31.1 Å². The monoisotopic (exact) mass is 356 g/mol. The largest absolute Gasteiger partial charge is 0.573 e. The Morgan fingerprint density at radius 1 is 1.09 bits per heavy atom. The van der Waals surface area contributed by atoms with E-state index < -0.39 is 29.8 Å². The van der Waals surface area contributed by atoms with E-state index in [1.165, 1.54) is 23.9 Å². The fourth-order valence-corrected chi connectivity index (χ4v) is 3.24. The van der Waals surface area contributed by atoms with Crippen molar-refractivity contribution in [3.05, 3.63) is 35.4 Å². The minimum atomic E-state index is -4.83. The van der Waals surface area contributed by atoms with E-state index in [2.05, 4.69) is 4.74 Å². The van der Waals surface area contributed by atoms with Crippen molar-refractivity contribution >= 4 is 17.8 Å². The zero-order valence-electron chi connectivity index (χ0n) is 12.0. The van der Waals surface area contributed by atoms with Crippen molar-refractivity contribution in [1.82, 2.24) is 0 Å². The van der Waals surface area contributed by atoms with Gasteiger partial charge in [0.15, 0.2) is 0 Å². The van der Waals surface area contributed by atoms with Gasteiger partial charge in [-0.05, 0) is 48.8 Å². The van der Waals surface area contributed by atoms with E-state index in [0.717, 1.165) is 18.2 Å². The molecule has 23 heavy (non-hydrogen) atoms. The number of rotatable bonds is 4. The number of alkyl halides is 6. The molecule has 0 atom stereocenters. The number of ether oxygens (including phenoxy) is 1. The fourth-order valence-electron chi connectivity index (χ4n) is 2.39. The van der Waals surface area contributed by atoms with Crippen LogP contribution in [0, 0.1) is 5.92 Å². The summed E-state index contributed by atoms with van der Waals surface area (Å²) in [5, 5.41) is 0.230. The summed E-state index contributed by atoms with van der Waals surface area (Å²) >= 11 is 1.54.